The van der Waals surface area contributed by atoms with Crippen molar-refractivity contribution in [1.82, 2.24) is 4.90 Å². The van der Waals surface area contributed by atoms with Gasteiger partial charge in [-0.15, -0.1) is 0 Å². The van der Waals surface area contributed by atoms with Gasteiger partial charge in [0.2, 0.25) is 5.91 Å². The van der Waals surface area contributed by atoms with Crippen LogP contribution in [0.3, 0.4) is 0 Å². The number of nitrogens with zero attached hydrogens (tertiary/aromatic N) is 2. The van der Waals surface area contributed by atoms with E-state index in [1.165, 1.54) is 5.56 Å². The Labute approximate surface area is 107 Å². The van der Waals surface area contributed by atoms with Crippen LogP contribution in [0.15, 0.2) is 24.3 Å². The van der Waals surface area contributed by atoms with Crippen LogP contribution in [-0.2, 0) is 11.2 Å². The smallest absolute Gasteiger partial charge is 0.232 e. The Morgan fingerprint density at radius 1 is 1.28 bits per heavy atom. The molecule has 4 rings (SSSR count). The van der Waals surface area contributed by atoms with Gasteiger partial charge in [0.1, 0.15) is 0 Å². The third-order valence-electron chi connectivity index (χ3n) is 4.91. The summed E-state index contributed by atoms with van der Waals surface area (Å²) in [5.74, 6) is 0.601. The molecule has 1 amide bonds. The molecule has 0 N–H and O–H groups in total. The first-order chi connectivity index (χ1) is 8.77. The van der Waals surface area contributed by atoms with E-state index in [0.717, 1.165) is 31.5 Å². The maximum atomic E-state index is 12.6. The van der Waals surface area contributed by atoms with E-state index in [4.69, 9.17) is 0 Å². The van der Waals surface area contributed by atoms with Crippen molar-refractivity contribution in [3.8, 4) is 0 Å². The predicted octanol–water partition coefficient (Wildman–Crippen LogP) is 1.67. The van der Waals surface area contributed by atoms with Crippen LogP contribution < -0.4 is 4.90 Å². The summed E-state index contributed by atoms with van der Waals surface area (Å²) in [7, 11) is 2.18. The minimum atomic E-state index is 0.238. The van der Waals surface area contributed by atoms with Gasteiger partial charge in [-0.2, -0.15) is 0 Å². The molecule has 3 aliphatic rings. The standard InChI is InChI=1S/C15H18N2O/c1-16-8-4-6-11-14(16)13-9-10-5-2-3-7-12(10)17(13)15(11)18/h2-3,5,7,11,13-14H,4,6,8-9H2,1H3/t11-,13-,14+/m0/s1. The lowest BCUT2D eigenvalue weighted by Gasteiger charge is -2.35. The number of rotatable bonds is 0. The molecule has 1 aromatic carbocycles. The summed E-state index contributed by atoms with van der Waals surface area (Å²) >= 11 is 0. The molecule has 0 bridgehead atoms. The number of para-hydroxylation sites is 1. The number of hydrogen-bond donors (Lipinski definition) is 0. The van der Waals surface area contributed by atoms with Crippen molar-refractivity contribution >= 4 is 11.6 Å². The third-order valence-corrected chi connectivity index (χ3v) is 4.91. The maximum absolute atomic E-state index is 12.6. The number of carbonyl (C=O) groups is 1. The van der Waals surface area contributed by atoms with E-state index in [-0.39, 0.29) is 5.92 Å². The number of likely N-dealkylation sites (N-methyl/N-ethyl adjacent to an activating group) is 1. The number of anilines is 1. The summed E-state index contributed by atoms with van der Waals surface area (Å²) in [6, 6.07) is 9.20. The van der Waals surface area contributed by atoms with Crippen molar-refractivity contribution < 1.29 is 4.79 Å². The average Bonchev–Trinajstić information content (AvgIpc) is 2.87. The summed E-state index contributed by atoms with van der Waals surface area (Å²) in [5, 5.41) is 0. The van der Waals surface area contributed by atoms with Crippen molar-refractivity contribution in [2.24, 2.45) is 5.92 Å². The van der Waals surface area contributed by atoms with Gasteiger partial charge in [-0.1, -0.05) is 18.2 Å². The lowest BCUT2D eigenvalue weighted by atomic mass is 9.87. The van der Waals surface area contributed by atoms with E-state index < -0.39 is 0 Å². The first kappa shape index (κ1) is 10.6. The number of hydrogen-bond acceptors (Lipinski definition) is 2. The minimum Gasteiger partial charge on any atom is -0.307 e. The lowest BCUT2D eigenvalue weighted by Crippen LogP contribution is -2.47. The highest BCUT2D eigenvalue weighted by Gasteiger charge is 2.53. The molecule has 0 aliphatic carbocycles. The van der Waals surface area contributed by atoms with E-state index in [2.05, 4.69) is 35.0 Å². The minimum absolute atomic E-state index is 0.238. The van der Waals surface area contributed by atoms with Gasteiger partial charge in [-0.05, 0) is 44.5 Å². The summed E-state index contributed by atoms with van der Waals surface area (Å²) in [4.78, 5) is 17.1. The Morgan fingerprint density at radius 2 is 2.11 bits per heavy atom. The predicted molar refractivity (Wildman–Crippen MR) is 70.6 cm³/mol. The molecule has 18 heavy (non-hydrogen) atoms. The Balaban J connectivity index is 1.79. The summed E-state index contributed by atoms with van der Waals surface area (Å²) in [6.45, 7) is 1.13. The van der Waals surface area contributed by atoms with Gasteiger partial charge in [-0.25, -0.2) is 0 Å². The molecule has 0 saturated carbocycles. The number of fused-ring (bicyclic) bond motifs is 5. The topological polar surface area (TPSA) is 23.6 Å². The van der Waals surface area contributed by atoms with Crippen LogP contribution in [-0.4, -0.2) is 36.5 Å². The van der Waals surface area contributed by atoms with E-state index in [1.54, 1.807) is 0 Å². The van der Waals surface area contributed by atoms with Gasteiger partial charge in [0.15, 0.2) is 0 Å². The van der Waals surface area contributed by atoms with Crippen LogP contribution in [0.25, 0.3) is 0 Å². The molecule has 2 fully saturated rings. The van der Waals surface area contributed by atoms with Crippen LogP contribution in [0, 0.1) is 5.92 Å². The van der Waals surface area contributed by atoms with Crippen molar-refractivity contribution in [3.63, 3.8) is 0 Å². The van der Waals surface area contributed by atoms with Gasteiger partial charge in [0.05, 0.1) is 12.0 Å². The molecule has 3 nitrogen and oxygen atoms in total. The molecule has 0 unspecified atom stereocenters. The first-order valence-corrected chi connectivity index (χ1v) is 6.88. The zero-order chi connectivity index (χ0) is 12.3. The Kier molecular flexibility index (Phi) is 2.10. The SMILES string of the molecule is CN1CCC[C@@H]2C(=O)N3c4ccccc4C[C@H]3[C@@H]21. The van der Waals surface area contributed by atoms with Crippen LogP contribution in [0.2, 0.25) is 0 Å². The molecule has 3 aliphatic heterocycles. The fraction of sp³-hybridized carbons (Fsp3) is 0.533. The molecule has 1 aromatic rings. The fourth-order valence-electron chi connectivity index (χ4n) is 4.17. The van der Waals surface area contributed by atoms with Gasteiger partial charge in [0, 0.05) is 11.7 Å². The molecule has 0 radical (unpaired) electrons. The van der Waals surface area contributed by atoms with E-state index in [1.807, 2.05) is 6.07 Å². The molecule has 2 saturated heterocycles. The highest BCUT2D eigenvalue weighted by Crippen LogP contribution is 2.44. The quantitative estimate of drug-likeness (QED) is 0.691. The molecular weight excluding hydrogens is 224 g/mol. The van der Waals surface area contributed by atoms with Crippen LogP contribution in [0.5, 0.6) is 0 Å². The molecule has 3 heteroatoms. The van der Waals surface area contributed by atoms with E-state index in [9.17, 15) is 4.79 Å². The summed E-state index contributed by atoms with van der Waals surface area (Å²) < 4.78 is 0. The van der Waals surface area contributed by atoms with Gasteiger partial charge in [-0.3, -0.25) is 4.79 Å². The second-order valence-electron chi connectivity index (χ2n) is 5.83. The van der Waals surface area contributed by atoms with E-state index in [0.29, 0.717) is 18.0 Å². The van der Waals surface area contributed by atoms with Crippen molar-refractivity contribution in [2.45, 2.75) is 31.3 Å². The summed E-state index contributed by atoms with van der Waals surface area (Å²) in [6.07, 6.45) is 3.27. The Hall–Kier alpha value is -1.35. The highest BCUT2D eigenvalue weighted by atomic mass is 16.2. The van der Waals surface area contributed by atoms with E-state index >= 15 is 0 Å². The molecule has 94 valence electrons. The molecule has 3 atom stereocenters. The zero-order valence-electron chi connectivity index (χ0n) is 10.7. The monoisotopic (exact) mass is 242 g/mol. The highest BCUT2D eigenvalue weighted by molar-refractivity contribution is 6.01. The van der Waals surface area contributed by atoms with Crippen molar-refractivity contribution in [2.75, 3.05) is 18.5 Å². The number of carbonyl (C=O) groups excluding carboxylic acids is 1. The molecule has 3 heterocycles. The summed E-state index contributed by atoms with van der Waals surface area (Å²) in [5.41, 5.74) is 2.50. The van der Waals surface area contributed by atoms with Crippen LogP contribution in [0.1, 0.15) is 18.4 Å². The molecule has 0 aromatic heterocycles. The first-order valence-electron chi connectivity index (χ1n) is 6.88. The molecular formula is C15H18N2O. The number of amides is 1. The number of benzene rings is 1. The second-order valence-corrected chi connectivity index (χ2v) is 5.83. The third kappa shape index (κ3) is 1.20. The van der Waals surface area contributed by atoms with Crippen LogP contribution in [0.4, 0.5) is 5.69 Å². The molecule has 0 spiro atoms. The largest absolute Gasteiger partial charge is 0.307 e. The Bertz CT molecular complexity index is 513. The fourth-order valence-corrected chi connectivity index (χ4v) is 4.17. The number of piperidine rings is 1. The van der Waals surface area contributed by atoms with Crippen molar-refractivity contribution in [1.29, 1.82) is 0 Å². The zero-order valence-corrected chi connectivity index (χ0v) is 10.7. The normalized spacial score (nSPS) is 34.4. The number of likely N-dealkylation sites (tertiary alicyclic amines) is 1. The average molecular weight is 242 g/mol. The van der Waals surface area contributed by atoms with Gasteiger partial charge in [0.25, 0.3) is 0 Å². The second kappa shape index (κ2) is 3.58. The van der Waals surface area contributed by atoms with Gasteiger partial charge >= 0.3 is 0 Å². The lowest BCUT2D eigenvalue weighted by molar-refractivity contribution is -0.122. The van der Waals surface area contributed by atoms with Gasteiger partial charge < -0.3 is 9.80 Å². The maximum Gasteiger partial charge on any atom is 0.232 e. The Morgan fingerprint density at radius 3 is 3.00 bits per heavy atom. The van der Waals surface area contributed by atoms with Crippen molar-refractivity contribution in [3.05, 3.63) is 29.8 Å². The van der Waals surface area contributed by atoms with Crippen LogP contribution >= 0.6 is 0 Å².